The number of hydrogen-bond acceptors (Lipinski definition) is 6. The van der Waals surface area contributed by atoms with Gasteiger partial charge in [0, 0.05) is 19.3 Å². The van der Waals surface area contributed by atoms with E-state index in [9.17, 15) is 14.4 Å². The molecule has 0 radical (unpaired) electrons. The normalized spacial score (nSPS) is 12.1. The number of carbonyl (C=O) groups is 3. The van der Waals surface area contributed by atoms with Crippen molar-refractivity contribution in [1.29, 1.82) is 0 Å². The van der Waals surface area contributed by atoms with Crippen LogP contribution in [0.2, 0.25) is 0 Å². The van der Waals surface area contributed by atoms with E-state index in [-0.39, 0.29) is 31.1 Å². The molecule has 0 aliphatic carbocycles. The minimum atomic E-state index is -0.773. The number of carbonyl (C=O) groups excluding carboxylic acids is 3. The molecule has 0 aromatic heterocycles. The maximum Gasteiger partial charge on any atom is 0.306 e. The van der Waals surface area contributed by atoms with Gasteiger partial charge in [0.2, 0.25) is 0 Å². The Morgan fingerprint density at radius 1 is 0.260 bits per heavy atom. The second kappa shape index (κ2) is 62.4. The van der Waals surface area contributed by atoms with Crippen molar-refractivity contribution in [2.24, 2.45) is 0 Å². The van der Waals surface area contributed by atoms with Crippen molar-refractivity contribution in [2.45, 2.75) is 374 Å². The number of esters is 3. The van der Waals surface area contributed by atoms with Crippen molar-refractivity contribution in [2.75, 3.05) is 13.2 Å². The lowest BCUT2D eigenvalue weighted by Crippen LogP contribution is -2.30. The SMILES string of the molecule is CCCCC/C=C\CCCCCCCC(=O)OCC(COC(=O)CCCCCCCCCCCCCCCCCCCCCCCC)OC(=O)CCCCCCCCCCC/C=C\CCCCCCCCCC. The van der Waals surface area contributed by atoms with Gasteiger partial charge in [-0.05, 0) is 70.6 Å². The molecule has 0 N–H and O–H groups in total. The Labute approximate surface area is 455 Å². The van der Waals surface area contributed by atoms with E-state index in [2.05, 4.69) is 45.1 Å². The van der Waals surface area contributed by atoms with Gasteiger partial charge < -0.3 is 14.2 Å². The number of rotatable bonds is 61. The van der Waals surface area contributed by atoms with Crippen molar-refractivity contribution in [1.82, 2.24) is 0 Å². The molecule has 1 unspecified atom stereocenters. The zero-order chi connectivity index (χ0) is 52.9. The highest BCUT2D eigenvalue weighted by atomic mass is 16.6. The van der Waals surface area contributed by atoms with Gasteiger partial charge in [0.25, 0.3) is 0 Å². The molecule has 0 spiro atoms. The zero-order valence-corrected chi connectivity index (χ0v) is 49.4. The summed E-state index contributed by atoms with van der Waals surface area (Å²) in [6.45, 7) is 6.68. The summed E-state index contributed by atoms with van der Waals surface area (Å²) in [5.41, 5.74) is 0. The summed E-state index contributed by atoms with van der Waals surface area (Å²) in [5, 5.41) is 0. The molecule has 0 amide bonds. The van der Waals surface area contributed by atoms with Crippen LogP contribution in [0.15, 0.2) is 24.3 Å². The molecule has 73 heavy (non-hydrogen) atoms. The van der Waals surface area contributed by atoms with Gasteiger partial charge in [0.05, 0.1) is 0 Å². The molecular weight excluding hydrogens is 901 g/mol. The van der Waals surface area contributed by atoms with Gasteiger partial charge in [-0.3, -0.25) is 14.4 Å². The predicted octanol–water partition coefficient (Wildman–Crippen LogP) is 22.2. The summed E-state index contributed by atoms with van der Waals surface area (Å²) in [4.78, 5) is 38.3. The van der Waals surface area contributed by atoms with Gasteiger partial charge in [-0.15, -0.1) is 0 Å². The third-order valence-corrected chi connectivity index (χ3v) is 14.9. The van der Waals surface area contributed by atoms with Gasteiger partial charge in [-0.25, -0.2) is 0 Å². The molecule has 1 atom stereocenters. The Morgan fingerprint density at radius 2 is 0.452 bits per heavy atom. The molecule has 0 aromatic rings. The van der Waals surface area contributed by atoms with E-state index >= 15 is 0 Å². The first-order valence-corrected chi connectivity index (χ1v) is 32.8. The van der Waals surface area contributed by atoms with Crippen LogP contribution in [0.3, 0.4) is 0 Å². The third kappa shape index (κ3) is 60.6. The summed E-state index contributed by atoms with van der Waals surface area (Å²) in [6.07, 6.45) is 74.8. The second-order valence-corrected chi connectivity index (χ2v) is 22.4. The van der Waals surface area contributed by atoms with E-state index in [4.69, 9.17) is 14.2 Å². The molecule has 0 aliphatic rings. The highest BCUT2D eigenvalue weighted by Gasteiger charge is 2.19. The Bertz CT molecular complexity index is 1180. The van der Waals surface area contributed by atoms with E-state index in [0.29, 0.717) is 19.3 Å². The molecule has 0 saturated carbocycles. The fourth-order valence-electron chi connectivity index (χ4n) is 9.97. The van der Waals surface area contributed by atoms with Crippen LogP contribution in [0.1, 0.15) is 367 Å². The van der Waals surface area contributed by atoms with Crippen LogP contribution in [0.4, 0.5) is 0 Å². The molecule has 6 nitrogen and oxygen atoms in total. The van der Waals surface area contributed by atoms with Crippen molar-refractivity contribution < 1.29 is 28.6 Å². The number of unbranched alkanes of at least 4 members (excludes halogenated alkanes) is 46. The first-order chi connectivity index (χ1) is 36.0. The smallest absolute Gasteiger partial charge is 0.306 e. The van der Waals surface area contributed by atoms with E-state index in [0.717, 1.165) is 64.2 Å². The minimum absolute atomic E-state index is 0.0696. The summed E-state index contributed by atoms with van der Waals surface area (Å²) >= 11 is 0. The average molecular weight is 1030 g/mol. The zero-order valence-electron chi connectivity index (χ0n) is 49.4. The molecule has 0 heterocycles. The molecule has 0 aromatic carbocycles. The van der Waals surface area contributed by atoms with Gasteiger partial charge in [-0.2, -0.15) is 0 Å². The summed E-state index contributed by atoms with van der Waals surface area (Å²) in [6, 6.07) is 0. The van der Waals surface area contributed by atoms with Crippen LogP contribution in [0.25, 0.3) is 0 Å². The van der Waals surface area contributed by atoms with Gasteiger partial charge >= 0.3 is 17.9 Å². The first kappa shape index (κ1) is 70.9. The van der Waals surface area contributed by atoms with Crippen molar-refractivity contribution in [3.05, 3.63) is 24.3 Å². The number of allylic oxidation sites excluding steroid dienone is 4. The monoisotopic (exact) mass is 1030 g/mol. The minimum Gasteiger partial charge on any atom is -0.462 e. The molecule has 0 saturated heterocycles. The molecule has 6 heteroatoms. The molecule has 0 rings (SSSR count). The Morgan fingerprint density at radius 3 is 0.712 bits per heavy atom. The lowest BCUT2D eigenvalue weighted by Gasteiger charge is -2.18. The second-order valence-electron chi connectivity index (χ2n) is 22.4. The van der Waals surface area contributed by atoms with Gasteiger partial charge in [-0.1, -0.05) is 302 Å². The van der Waals surface area contributed by atoms with E-state index in [1.54, 1.807) is 0 Å². The highest BCUT2D eigenvalue weighted by molar-refractivity contribution is 5.71. The molecule has 0 aliphatic heterocycles. The van der Waals surface area contributed by atoms with Crippen LogP contribution in [0, 0.1) is 0 Å². The Kier molecular flexibility index (Phi) is 60.6. The maximum absolute atomic E-state index is 12.9. The standard InChI is InChI=1S/C67H126O6/c1-4-7-10-13-16-19-22-25-27-29-31-33-35-36-38-40-42-45-48-51-54-57-60-66(69)72-63-64(62-71-65(68)59-56-53-50-47-44-24-21-18-15-12-9-6-3)73-67(70)61-58-55-52-49-46-43-41-39-37-34-32-30-28-26-23-20-17-14-11-8-5-2/h18,21,30,32,64H,4-17,19-20,22-29,31,33-63H2,1-3H3/b21-18-,32-30-. The maximum atomic E-state index is 12.9. The van der Waals surface area contributed by atoms with Crippen LogP contribution >= 0.6 is 0 Å². The fourth-order valence-corrected chi connectivity index (χ4v) is 9.97. The van der Waals surface area contributed by atoms with Crippen LogP contribution in [-0.4, -0.2) is 37.2 Å². The van der Waals surface area contributed by atoms with Crippen LogP contribution < -0.4 is 0 Å². The lowest BCUT2D eigenvalue weighted by atomic mass is 10.0. The molecule has 0 bridgehead atoms. The molecule has 0 fully saturated rings. The molecular formula is C67H126O6. The van der Waals surface area contributed by atoms with E-state index in [1.807, 2.05) is 0 Å². The largest absolute Gasteiger partial charge is 0.462 e. The average Bonchev–Trinajstić information content (AvgIpc) is 3.39. The van der Waals surface area contributed by atoms with Crippen molar-refractivity contribution in [3.8, 4) is 0 Å². The van der Waals surface area contributed by atoms with E-state index < -0.39 is 6.10 Å². The quantitative estimate of drug-likeness (QED) is 0.0261. The fraction of sp³-hybridized carbons (Fsp3) is 0.896. The Hall–Kier alpha value is -2.11. The predicted molar refractivity (Wildman–Crippen MR) is 316 cm³/mol. The highest BCUT2D eigenvalue weighted by Crippen LogP contribution is 2.18. The van der Waals surface area contributed by atoms with Crippen molar-refractivity contribution >= 4 is 17.9 Å². The van der Waals surface area contributed by atoms with Gasteiger partial charge in [0.1, 0.15) is 13.2 Å². The summed E-state index contributed by atoms with van der Waals surface area (Å²) in [5.74, 6) is -0.855. The summed E-state index contributed by atoms with van der Waals surface area (Å²) in [7, 11) is 0. The van der Waals surface area contributed by atoms with E-state index in [1.165, 1.54) is 263 Å². The Balaban J connectivity index is 4.24. The lowest BCUT2D eigenvalue weighted by molar-refractivity contribution is -0.167. The summed E-state index contributed by atoms with van der Waals surface area (Å²) < 4.78 is 16.9. The first-order valence-electron chi connectivity index (χ1n) is 32.8. The van der Waals surface area contributed by atoms with Crippen LogP contribution in [-0.2, 0) is 28.6 Å². The topological polar surface area (TPSA) is 78.9 Å². The third-order valence-electron chi connectivity index (χ3n) is 14.9. The number of ether oxygens (including phenoxy) is 3. The van der Waals surface area contributed by atoms with Gasteiger partial charge in [0.15, 0.2) is 6.10 Å². The van der Waals surface area contributed by atoms with Crippen molar-refractivity contribution in [3.63, 3.8) is 0 Å². The number of hydrogen-bond donors (Lipinski definition) is 0. The molecule has 430 valence electrons. The van der Waals surface area contributed by atoms with Crippen LogP contribution in [0.5, 0.6) is 0 Å².